The van der Waals surface area contributed by atoms with Gasteiger partial charge in [-0.15, -0.1) is 10.2 Å². The first kappa shape index (κ1) is 22.5. The minimum Gasteiger partial charge on any atom is -0.318 e. The van der Waals surface area contributed by atoms with Crippen molar-refractivity contribution in [3.63, 3.8) is 0 Å². The Kier molecular flexibility index (Phi) is 5.03. The van der Waals surface area contributed by atoms with E-state index in [1.807, 2.05) is 0 Å². The summed E-state index contributed by atoms with van der Waals surface area (Å²) in [6.45, 7) is 0.748. The van der Waals surface area contributed by atoms with Crippen molar-refractivity contribution >= 4 is 11.6 Å². The molecule has 2 aromatic carbocycles. The Hall–Kier alpha value is -3.30. The van der Waals surface area contributed by atoms with E-state index in [0.717, 1.165) is 25.8 Å². The lowest BCUT2D eigenvalue weighted by Crippen LogP contribution is -2.27. The van der Waals surface area contributed by atoms with Crippen molar-refractivity contribution in [2.24, 2.45) is 7.05 Å². The number of carbonyl (C=O) groups excluding carboxylic acids is 1. The highest BCUT2D eigenvalue weighted by atomic mass is 19.4. The summed E-state index contributed by atoms with van der Waals surface area (Å²) < 4.78 is 73.4. The van der Waals surface area contributed by atoms with Crippen molar-refractivity contribution in [3.05, 3.63) is 76.4 Å². The van der Waals surface area contributed by atoms with Crippen molar-refractivity contribution in [2.75, 3.05) is 4.90 Å². The van der Waals surface area contributed by atoms with Gasteiger partial charge in [-0.25, -0.2) is 8.78 Å². The minimum absolute atomic E-state index is 0.00703. The third kappa shape index (κ3) is 3.65. The molecule has 10 heteroatoms. The van der Waals surface area contributed by atoms with Crippen molar-refractivity contribution in [2.45, 2.75) is 50.2 Å². The first-order chi connectivity index (χ1) is 16.0. The van der Waals surface area contributed by atoms with E-state index in [4.69, 9.17) is 0 Å². The Morgan fingerprint density at radius 1 is 1.12 bits per heavy atom. The van der Waals surface area contributed by atoms with Crippen LogP contribution in [0.4, 0.5) is 27.6 Å². The number of halogens is 5. The van der Waals surface area contributed by atoms with E-state index in [2.05, 4.69) is 10.2 Å². The molecule has 5 rings (SSSR count). The predicted octanol–water partition coefficient (Wildman–Crippen LogP) is 5.77. The number of benzene rings is 2. The fourth-order valence-electron chi connectivity index (χ4n) is 4.43. The molecule has 1 aliphatic carbocycles. The number of nitrogens with zero attached hydrogens (tertiary/aromatic N) is 4. The lowest BCUT2D eigenvalue weighted by molar-refractivity contribution is -0.138. The fraction of sp³-hybridized carbons (Fsp3) is 0.375. The van der Waals surface area contributed by atoms with Crippen LogP contribution in [-0.2, 0) is 25.4 Å². The Morgan fingerprint density at radius 3 is 2.47 bits per heavy atom. The first-order valence-corrected chi connectivity index (χ1v) is 10.8. The zero-order valence-electron chi connectivity index (χ0n) is 18.4. The molecule has 0 N–H and O–H groups in total. The zero-order valence-corrected chi connectivity index (χ0v) is 18.4. The van der Waals surface area contributed by atoms with Gasteiger partial charge in [-0.3, -0.25) is 4.79 Å². The molecule has 3 aromatic rings. The second kappa shape index (κ2) is 7.61. The molecule has 0 spiro atoms. The van der Waals surface area contributed by atoms with Crippen LogP contribution in [0.5, 0.6) is 0 Å². The average Bonchev–Trinajstić information content (AvgIpc) is 3.47. The molecule has 2 atom stereocenters. The van der Waals surface area contributed by atoms with E-state index in [-0.39, 0.29) is 40.7 Å². The number of carbonyl (C=O) groups is 1. The van der Waals surface area contributed by atoms with Crippen molar-refractivity contribution in [1.82, 2.24) is 14.8 Å². The lowest BCUT2D eigenvalue weighted by atomic mass is 9.92. The van der Waals surface area contributed by atoms with Gasteiger partial charge in [0, 0.05) is 18.3 Å². The van der Waals surface area contributed by atoms with Crippen LogP contribution in [-0.4, -0.2) is 20.7 Å². The van der Waals surface area contributed by atoms with Crippen molar-refractivity contribution < 1.29 is 26.7 Å². The number of anilines is 1. The van der Waals surface area contributed by atoms with Crippen LogP contribution < -0.4 is 4.90 Å². The monoisotopic (exact) mass is 476 g/mol. The molecule has 0 radical (unpaired) electrons. The summed E-state index contributed by atoms with van der Waals surface area (Å²) in [4.78, 5) is 14.3. The molecule has 0 bridgehead atoms. The van der Waals surface area contributed by atoms with Gasteiger partial charge in [-0.1, -0.05) is 12.1 Å². The Morgan fingerprint density at radius 2 is 1.85 bits per heavy atom. The third-order valence-corrected chi connectivity index (χ3v) is 6.59. The molecular weight excluding hydrogens is 455 g/mol. The highest BCUT2D eigenvalue weighted by Gasteiger charge is 2.43. The summed E-state index contributed by atoms with van der Waals surface area (Å²) in [6.07, 6.45) is -3.92. The average molecular weight is 476 g/mol. The normalized spacial score (nSPS) is 18.7. The summed E-state index contributed by atoms with van der Waals surface area (Å²) in [7, 11) is 1.49. The van der Waals surface area contributed by atoms with Crippen LogP contribution in [0.15, 0.2) is 42.7 Å². The van der Waals surface area contributed by atoms with Gasteiger partial charge in [-0.2, -0.15) is 13.2 Å². The molecule has 1 saturated carbocycles. The predicted molar refractivity (Wildman–Crippen MR) is 114 cm³/mol. The maximum atomic E-state index is 15.6. The second-order valence-corrected chi connectivity index (χ2v) is 9.05. The Balaban J connectivity index is 1.51. The molecule has 2 heterocycles. The largest absolute Gasteiger partial charge is 0.416 e. The van der Waals surface area contributed by atoms with Gasteiger partial charge in [0.05, 0.1) is 12.1 Å². The van der Waals surface area contributed by atoms with Crippen LogP contribution >= 0.6 is 0 Å². The SMILES string of the molecule is Cn1cnnc1[C@@H](F)[C@](C)(F)c1cccc(N2Cc3c(cc(C4CC4)cc3C(F)(F)F)C2=O)c1. The number of aromatic nitrogens is 3. The number of aryl methyl sites for hydroxylation is 1. The molecule has 5 nitrogen and oxygen atoms in total. The van der Waals surface area contributed by atoms with Gasteiger partial charge < -0.3 is 9.47 Å². The molecule has 178 valence electrons. The van der Waals surface area contributed by atoms with Crippen molar-refractivity contribution in [1.29, 1.82) is 0 Å². The van der Waals surface area contributed by atoms with E-state index in [9.17, 15) is 18.0 Å². The van der Waals surface area contributed by atoms with Crippen LogP contribution in [0, 0.1) is 0 Å². The topological polar surface area (TPSA) is 51.0 Å². The van der Waals surface area contributed by atoms with E-state index in [1.165, 1.54) is 47.1 Å². The van der Waals surface area contributed by atoms with Gasteiger partial charge in [0.1, 0.15) is 6.33 Å². The first-order valence-electron chi connectivity index (χ1n) is 10.8. The van der Waals surface area contributed by atoms with E-state index in [1.54, 1.807) is 6.07 Å². The maximum absolute atomic E-state index is 15.6. The maximum Gasteiger partial charge on any atom is 0.416 e. The number of amides is 1. The molecule has 0 unspecified atom stereocenters. The molecule has 1 aromatic heterocycles. The van der Waals surface area contributed by atoms with Crippen LogP contribution in [0.2, 0.25) is 0 Å². The summed E-state index contributed by atoms with van der Waals surface area (Å²) >= 11 is 0. The highest BCUT2D eigenvalue weighted by molar-refractivity contribution is 6.10. The Labute approximate surface area is 192 Å². The minimum atomic E-state index is -4.61. The summed E-state index contributed by atoms with van der Waals surface area (Å²) in [6, 6.07) is 8.28. The smallest absolute Gasteiger partial charge is 0.318 e. The summed E-state index contributed by atoms with van der Waals surface area (Å²) in [5.41, 5.74) is -2.81. The van der Waals surface area contributed by atoms with Gasteiger partial charge >= 0.3 is 6.18 Å². The molecule has 34 heavy (non-hydrogen) atoms. The number of rotatable bonds is 5. The molecule has 1 fully saturated rings. The van der Waals surface area contributed by atoms with E-state index >= 15 is 8.78 Å². The van der Waals surface area contributed by atoms with Crippen molar-refractivity contribution in [3.8, 4) is 0 Å². The summed E-state index contributed by atoms with van der Waals surface area (Å²) in [5.74, 6) is -0.765. The number of hydrogen-bond acceptors (Lipinski definition) is 3. The quantitative estimate of drug-likeness (QED) is 0.440. The highest BCUT2D eigenvalue weighted by Crippen LogP contribution is 2.46. The fourth-order valence-corrected chi connectivity index (χ4v) is 4.43. The standard InChI is InChI=1S/C24H21F5N4O/c1-23(26,20(25)21-31-30-12-32(21)2)15-4-3-5-16(10-15)33-11-18-17(22(33)34)8-14(13-6-7-13)9-19(18)24(27,28)29/h3-5,8-10,12-13,20H,6-7,11H2,1-2H3/t20-,23-/m1/s1. The molecule has 0 saturated heterocycles. The molecule has 1 amide bonds. The van der Waals surface area contributed by atoms with Crippen LogP contribution in [0.1, 0.15) is 70.3 Å². The van der Waals surface area contributed by atoms with Gasteiger partial charge in [0.15, 0.2) is 17.7 Å². The number of alkyl halides is 5. The Bertz CT molecular complexity index is 1280. The number of fused-ring (bicyclic) bond motifs is 1. The third-order valence-electron chi connectivity index (χ3n) is 6.59. The molecule has 2 aliphatic rings. The van der Waals surface area contributed by atoms with E-state index < -0.39 is 29.5 Å². The molecule has 1 aliphatic heterocycles. The summed E-state index contributed by atoms with van der Waals surface area (Å²) in [5, 5.41) is 7.21. The number of hydrogen-bond donors (Lipinski definition) is 0. The molecular formula is C24H21F5N4O. The second-order valence-electron chi connectivity index (χ2n) is 9.05. The van der Waals surface area contributed by atoms with Gasteiger partial charge in [0.25, 0.3) is 5.91 Å². The van der Waals surface area contributed by atoms with Gasteiger partial charge in [0.2, 0.25) is 0 Å². The van der Waals surface area contributed by atoms with Crippen LogP contribution in [0.3, 0.4) is 0 Å². The lowest BCUT2D eigenvalue weighted by Gasteiger charge is -2.26. The van der Waals surface area contributed by atoms with Crippen LogP contribution in [0.25, 0.3) is 0 Å². The van der Waals surface area contributed by atoms with E-state index in [0.29, 0.717) is 5.56 Å². The van der Waals surface area contributed by atoms with Gasteiger partial charge in [-0.05, 0) is 66.6 Å². The zero-order chi connectivity index (χ0) is 24.4.